The lowest BCUT2D eigenvalue weighted by atomic mass is 10.1. The van der Waals surface area contributed by atoms with E-state index >= 15 is 0 Å². The standard InChI is InChI=1S/C17H17ClN4O3/c1-11-15(18)7-4-8-16(11)19-10-17(23)21-20-12(2)13-5-3-6-14(9-13)22(24)25/h3-9,19H,10H2,1-2H3,(H,21,23). The van der Waals surface area contributed by atoms with E-state index in [-0.39, 0.29) is 18.1 Å². The normalized spacial score (nSPS) is 11.1. The first-order chi connectivity index (χ1) is 11.9. The van der Waals surface area contributed by atoms with Crippen molar-refractivity contribution >= 4 is 34.6 Å². The lowest BCUT2D eigenvalue weighted by Crippen LogP contribution is -2.27. The van der Waals surface area contributed by atoms with Crippen LogP contribution in [0.25, 0.3) is 0 Å². The Morgan fingerprint density at radius 2 is 2.00 bits per heavy atom. The SMILES string of the molecule is CC(=NNC(=O)CNc1cccc(Cl)c1C)c1cccc([N+](=O)[O-])c1. The first-order valence-electron chi connectivity index (χ1n) is 7.45. The molecule has 2 N–H and O–H groups in total. The van der Waals surface area contributed by atoms with Crippen LogP contribution in [0.5, 0.6) is 0 Å². The molecule has 0 spiro atoms. The third-order valence-electron chi connectivity index (χ3n) is 3.53. The fourth-order valence-electron chi connectivity index (χ4n) is 2.07. The number of nitrogens with one attached hydrogen (secondary N) is 2. The highest BCUT2D eigenvalue weighted by Gasteiger charge is 2.08. The number of anilines is 1. The van der Waals surface area contributed by atoms with Crippen molar-refractivity contribution in [1.82, 2.24) is 5.43 Å². The summed E-state index contributed by atoms with van der Waals surface area (Å²) in [6, 6.07) is 11.4. The van der Waals surface area contributed by atoms with Gasteiger partial charge in [0.1, 0.15) is 0 Å². The number of nitro benzene ring substituents is 1. The van der Waals surface area contributed by atoms with Gasteiger partial charge in [0.15, 0.2) is 0 Å². The number of hydrogen-bond acceptors (Lipinski definition) is 5. The van der Waals surface area contributed by atoms with E-state index in [2.05, 4.69) is 15.8 Å². The number of nitro groups is 1. The van der Waals surface area contributed by atoms with Crippen molar-refractivity contribution in [2.24, 2.45) is 5.10 Å². The highest BCUT2D eigenvalue weighted by atomic mass is 35.5. The summed E-state index contributed by atoms with van der Waals surface area (Å²) in [6.45, 7) is 3.54. The Hall–Kier alpha value is -2.93. The third-order valence-corrected chi connectivity index (χ3v) is 3.94. The summed E-state index contributed by atoms with van der Waals surface area (Å²) in [7, 11) is 0. The highest BCUT2D eigenvalue weighted by molar-refractivity contribution is 6.31. The van der Waals surface area contributed by atoms with Crippen molar-refractivity contribution in [3.63, 3.8) is 0 Å². The molecule has 25 heavy (non-hydrogen) atoms. The molecule has 2 rings (SSSR count). The van der Waals surface area contributed by atoms with E-state index in [9.17, 15) is 14.9 Å². The number of benzene rings is 2. The Bertz CT molecular complexity index is 836. The monoisotopic (exact) mass is 360 g/mol. The highest BCUT2D eigenvalue weighted by Crippen LogP contribution is 2.22. The van der Waals surface area contributed by atoms with Crippen LogP contribution in [0, 0.1) is 17.0 Å². The minimum absolute atomic E-state index is 0.0207. The number of nitrogens with zero attached hydrogens (tertiary/aromatic N) is 2. The van der Waals surface area contributed by atoms with Gasteiger partial charge in [0.05, 0.1) is 17.2 Å². The van der Waals surface area contributed by atoms with Crippen LogP contribution in [0.15, 0.2) is 47.6 Å². The fourth-order valence-corrected chi connectivity index (χ4v) is 2.24. The molecule has 1 amide bonds. The van der Waals surface area contributed by atoms with Crippen LogP contribution in [0.4, 0.5) is 11.4 Å². The van der Waals surface area contributed by atoms with Gasteiger partial charge in [0, 0.05) is 28.4 Å². The molecule has 0 saturated carbocycles. The molecule has 0 heterocycles. The molecule has 2 aromatic rings. The molecule has 0 aliphatic rings. The van der Waals surface area contributed by atoms with E-state index in [4.69, 9.17) is 11.6 Å². The Morgan fingerprint density at radius 1 is 1.28 bits per heavy atom. The van der Waals surface area contributed by atoms with Gasteiger partial charge in [-0.15, -0.1) is 0 Å². The number of carbonyl (C=O) groups excluding carboxylic acids is 1. The van der Waals surface area contributed by atoms with Gasteiger partial charge in [-0.2, -0.15) is 5.10 Å². The van der Waals surface area contributed by atoms with Gasteiger partial charge < -0.3 is 5.32 Å². The molecule has 130 valence electrons. The molecule has 0 aromatic heterocycles. The quantitative estimate of drug-likeness (QED) is 0.468. The van der Waals surface area contributed by atoms with E-state index in [0.717, 1.165) is 11.3 Å². The van der Waals surface area contributed by atoms with Crippen molar-refractivity contribution in [1.29, 1.82) is 0 Å². The van der Waals surface area contributed by atoms with E-state index in [1.54, 1.807) is 31.2 Å². The molecule has 2 aromatic carbocycles. The molecule has 0 aliphatic carbocycles. The Labute approximate surface area is 149 Å². The number of halogens is 1. The molecular weight excluding hydrogens is 344 g/mol. The smallest absolute Gasteiger partial charge is 0.270 e. The lowest BCUT2D eigenvalue weighted by Gasteiger charge is -2.09. The number of non-ortho nitro benzene ring substituents is 1. The van der Waals surface area contributed by atoms with Crippen LogP contribution in [0.3, 0.4) is 0 Å². The van der Waals surface area contributed by atoms with Crippen LogP contribution < -0.4 is 10.7 Å². The molecule has 0 radical (unpaired) electrons. The second kappa shape index (κ2) is 8.25. The van der Waals surface area contributed by atoms with Gasteiger partial charge >= 0.3 is 0 Å². The van der Waals surface area contributed by atoms with Gasteiger partial charge in [0.25, 0.3) is 11.6 Å². The van der Waals surface area contributed by atoms with E-state index in [1.807, 2.05) is 13.0 Å². The summed E-state index contributed by atoms with van der Waals surface area (Å²) in [5, 5.41) is 18.4. The molecule has 0 atom stereocenters. The van der Waals surface area contributed by atoms with Gasteiger partial charge in [-0.25, -0.2) is 5.43 Å². The Morgan fingerprint density at radius 3 is 2.72 bits per heavy atom. The van der Waals surface area contributed by atoms with Crippen LogP contribution in [-0.4, -0.2) is 23.1 Å². The molecule has 0 bridgehead atoms. The van der Waals surface area contributed by atoms with Gasteiger partial charge in [-0.1, -0.05) is 29.8 Å². The zero-order chi connectivity index (χ0) is 18.4. The maximum Gasteiger partial charge on any atom is 0.270 e. The summed E-state index contributed by atoms with van der Waals surface area (Å²) >= 11 is 6.02. The molecule has 0 fully saturated rings. The Balaban J connectivity index is 1.96. The second-order valence-corrected chi connectivity index (χ2v) is 5.71. The maximum atomic E-state index is 11.9. The maximum absolute atomic E-state index is 11.9. The van der Waals surface area contributed by atoms with E-state index < -0.39 is 4.92 Å². The number of rotatable bonds is 6. The average Bonchev–Trinajstić information content (AvgIpc) is 2.61. The van der Waals surface area contributed by atoms with Gasteiger partial charge in [0.2, 0.25) is 0 Å². The number of amides is 1. The van der Waals surface area contributed by atoms with Crippen molar-refractivity contribution in [2.75, 3.05) is 11.9 Å². The summed E-state index contributed by atoms with van der Waals surface area (Å²) in [6.07, 6.45) is 0. The lowest BCUT2D eigenvalue weighted by molar-refractivity contribution is -0.384. The summed E-state index contributed by atoms with van der Waals surface area (Å²) < 4.78 is 0. The minimum atomic E-state index is -0.480. The number of hydrogen-bond donors (Lipinski definition) is 2. The van der Waals surface area contributed by atoms with Crippen LogP contribution in [-0.2, 0) is 4.79 Å². The van der Waals surface area contributed by atoms with Crippen molar-refractivity contribution in [2.45, 2.75) is 13.8 Å². The van der Waals surface area contributed by atoms with Crippen molar-refractivity contribution in [3.05, 3.63) is 68.7 Å². The van der Waals surface area contributed by atoms with Crippen LogP contribution >= 0.6 is 11.6 Å². The first-order valence-corrected chi connectivity index (χ1v) is 7.83. The minimum Gasteiger partial charge on any atom is -0.376 e. The summed E-state index contributed by atoms with van der Waals surface area (Å²) in [4.78, 5) is 22.2. The molecule has 8 heteroatoms. The van der Waals surface area contributed by atoms with E-state index in [1.165, 1.54) is 12.1 Å². The number of carbonyl (C=O) groups is 1. The zero-order valence-electron chi connectivity index (χ0n) is 13.7. The van der Waals surface area contributed by atoms with Crippen molar-refractivity contribution < 1.29 is 9.72 Å². The van der Waals surface area contributed by atoms with Crippen LogP contribution in [0.1, 0.15) is 18.1 Å². The molecular formula is C17H17ClN4O3. The molecule has 0 unspecified atom stereocenters. The van der Waals surface area contributed by atoms with E-state index in [0.29, 0.717) is 16.3 Å². The van der Waals surface area contributed by atoms with Crippen molar-refractivity contribution in [3.8, 4) is 0 Å². The van der Waals surface area contributed by atoms with Crippen LogP contribution in [0.2, 0.25) is 5.02 Å². The second-order valence-electron chi connectivity index (χ2n) is 5.31. The summed E-state index contributed by atoms with van der Waals surface area (Å²) in [5.74, 6) is -0.343. The largest absolute Gasteiger partial charge is 0.376 e. The average molecular weight is 361 g/mol. The third kappa shape index (κ3) is 5.02. The molecule has 7 nitrogen and oxygen atoms in total. The predicted octanol–water partition coefficient (Wildman–Crippen LogP) is 3.51. The fraction of sp³-hybridized carbons (Fsp3) is 0.176. The Kier molecular flexibility index (Phi) is 6.08. The predicted molar refractivity (Wildman–Crippen MR) is 98.1 cm³/mol. The first kappa shape index (κ1) is 18.4. The topological polar surface area (TPSA) is 96.6 Å². The molecule has 0 saturated heterocycles. The van der Waals surface area contributed by atoms with Gasteiger partial charge in [-0.3, -0.25) is 14.9 Å². The molecule has 0 aliphatic heterocycles. The van der Waals surface area contributed by atoms with Gasteiger partial charge in [-0.05, 0) is 31.5 Å². The summed E-state index contributed by atoms with van der Waals surface area (Å²) in [5.41, 5.74) is 5.04. The number of hydrazone groups is 1. The zero-order valence-corrected chi connectivity index (χ0v) is 14.5.